The number of aromatic nitrogens is 4. The van der Waals surface area contributed by atoms with Crippen LogP contribution >= 0.6 is 11.3 Å². The lowest BCUT2D eigenvalue weighted by Crippen LogP contribution is -2.12. The molecule has 2 aromatic heterocycles. The van der Waals surface area contributed by atoms with Gasteiger partial charge in [0.15, 0.2) is 5.82 Å². The molecule has 1 amide bonds. The van der Waals surface area contributed by atoms with E-state index in [1.54, 1.807) is 31.2 Å². The minimum absolute atomic E-state index is 0.308. The van der Waals surface area contributed by atoms with E-state index in [0.717, 1.165) is 0 Å². The zero-order chi connectivity index (χ0) is 14.1. The third-order valence-corrected chi connectivity index (χ3v) is 3.51. The van der Waals surface area contributed by atoms with Crippen molar-refractivity contribution in [3.05, 3.63) is 40.7 Å². The maximum Gasteiger partial charge on any atom is 0.286 e. The molecule has 0 saturated carbocycles. The fourth-order valence-corrected chi connectivity index (χ4v) is 2.40. The number of benzene rings is 1. The van der Waals surface area contributed by atoms with Crippen molar-refractivity contribution in [2.45, 2.75) is 6.92 Å². The van der Waals surface area contributed by atoms with Crippen LogP contribution in [-0.4, -0.2) is 25.7 Å². The summed E-state index contributed by atoms with van der Waals surface area (Å²) < 4.78 is 1.53. The van der Waals surface area contributed by atoms with Crippen LogP contribution in [0.2, 0.25) is 0 Å². The molecule has 3 aromatic rings. The predicted octanol–water partition coefficient (Wildman–Crippen LogP) is 1.62. The summed E-state index contributed by atoms with van der Waals surface area (Å²) in [5, 5.41) is 23.6. The third kappa shape index (κ3) is 2.10. The minimum Gasteiger partial charge on any atom is -0.320 e. The van der Waals surface area contributed by atoms with Gasteiger partial charge in [-0.3, -0.25) is 4.79 Å². The van der Waals surface area contributed by atoms with Crippen molar-refractivity contribution < 1.29 is 4.79 Å². The molecule has 1 aromatic carbocycles. The van der Waals surface area contributed by atoms with E-state index in [9.17, 15) is 4.79 Å². The highest BCUT2D eigenvalue weighted by Gasteiger charge is 2.15. The number of fused-ring (bicyclic) bond motifs is 1. The summed E-state index contributed by atoms with van der Waals surface area (Å²) in [5.74, 6) is 0.318. The summed E-state index contributed by atoms with van der Waals surface area (Å²) >= 11 is 1.17. The molecule has 0 saturated heterocycles. The molecule has 1 N–H and O–H groups in total. The molecule has 0 spiro atoms. The molecule has 7 nitrogen and oxygen atoms in total. The van der Waals surface area contributed by atoms with Gasteiger partial charge >= 0.3 is 0 Å². The zero-order valence-electron chi connectivity index (χ0n) is 10.4. The molecule has 0 unspecified atom stereocenters. The van der Waals surface area contributed by atoms with Crippen molar-refractivity contribution in [2.24, 2.45) is 0 Å². The van der Waals surface area contributed by atoms with E-state index in [4.69, 9.17) is 5.26 Å². The monoisotopic (exact) mass is 284 g/mol. The van der Waals surface area contributed by atoms with Gasteiger partial charge in [0.25, 0.3) is 5.91 Å². The van der Waals surface area contributed by atoms with E-state index in [0.29, 0.717) is 27.0 Å². The molecule has 20 heavy (non-hydrogen) atoms. The first-order valence-electron chi connectivity index (χ1n) is 5.68. The van der Waals surface area contributed by atoms with Crippen LogP contribution < -0.4 is 5.32 Å². The van der Waals surface area contributed by atoms with E-state index >= 15 is 0 Å². The van der Waals surface area contributed by atoms with Crippen molar-refractivity contribution in [3.63, 3.8) is 0 Å². The second kappa shape index (κ2) is 4.71. The molecule has 98 valence electrons. The van der Waals surface area contributed by atoms with E-state index < -0.39 is 0 Å². The number of carbonyl (C=O) groups is 1. The molecule has 0 aliphatic rings. The molecule has 8 heteroatoms. The van der Waals surface area contributed by atoms with Gasteiger partial charge in [-0.25, -0.2) is 0 Å². The largest absolute Gasteiger partial charge is 0.320 e. The fraction of sp³-hybridized carbons (Fsp3) is 0.0833. The molecule has 2 heterocycles. The number of aryl methyl sites for hydroxylation is 1. The number of nitrogens with zero attached hydrogens (tertiary/aromatic N) is 5. The van der Waals surface area contributed by atoms with Crippen LogP contribution in [-0.2, 0) is 0 Å². The molecule has 0 bridgehead atoms. The van der Waals surface area contributed by atoms with Gasteiger partial charge in [-0.2, -0.15) is 9.78 Å². The van der Waals surface area contributed by atoms with Gasteiger partial charge in [0.2, 0.25) is 9.97 Å². The standard InChI is InChI=1S/C12H8N6OS/c1-7-15-16-12-18(7)17-11(20-12)10(19)14-9-4-2-8(6-13)3-5-9/h2-5H,1H3,(H,14,19). The van der Waals surface area contributed by atoms with Gasteiger partial charge < -0.3 is 5.32 Å². The Labute approximate surface area is 117 Å². The Bertz CT molecular complexity index is 826. The highest BCUT2D eigenvalue weighted by Crippen LogP contribution is 2.16. The second-order valence-corrected chi connectivity index (χ2v) is 4.95. The highest BCUT2D eigenvalue weighted by molar-refractivity contribution is 7.18. The lowest BCUT2D eigenvalue weighted by atomic mass is 10.2. The number of anilines is 1. The Balaban J connectivity index is 1.83. The third-order valence-electron chi connectivity index (χ3n) is 2.61. The zero-order valence-corrected chi connectivity index (χ0v) is 11.2. The van der Waals surface area contributed by atoms with Gasteiger partial charge in [0, 0.05) is 5.69 Å². The van der Waals surface area contributed by atoms with Crippen molar-refractivity contribution in [1.29, 1.82) is 5.26 Å². The summed E-state index contributed by atoms with van der Waals surface area (Å²) in [6.07, 6.45) is 0. The smallest absolute Gasteiger partial charge is 0.286 e. The molecule has 0 atom stereocenters. The van der Waals surface area contributed by atoms with Crippen LogP contribution in [0.15, 0.2) is 24.3 Å². The van der Waals surface area contributed by atoms with Crippen LogP contribution in [0.25, 0.3) is 4.96 Å². The van der Waals surface area contributed by atoms with Gasteiger partial charge in [-0.15, -0.1) is 15.3 Å². The summed E-state index contributed by atoms with van der Waals surface area (Å²) in [7, 11) is 0. The Morgan fingerprint density at radius 2 is 2.10 bits per heavy atom. The lowest BCUT2D eigenvalue weighted by Gasteiger charge is -2.01. The van der Waals surface area contributed by atoms with Crippen LogP contribution in [0.4, 0.5) is 5.69 Å². The summed E-state index contributed by atoms with van der Waals surface area (Å²) in [5.41, 5.74) is 1.15. The van der Waals surface area contributed by atoms with Crippen LogP contribution in [0.3, 0.4) is 0 Å². The first-order chi connectivity index (χ1) is 9.67. The molecule has 0 fully saturated rings. The Morgan fingerprint density at radius 3 is 2.75 bits per heavy atom. The van der Waals surface area contributed by atoms with Gasteiger partial charge in [-0.05, 0) is 31.2 Å². The lowest BCUT2D eigenvalue weighted by molar-refractivity contribution is 0.102. The Hall–Kier alpha value is -2.79. The SMILES string of the molecule is Cc1nnc2sc(C(=O)Nc3ccc(C#N)cc3)nn12. The summed E-state index contributed by atoms with van der Waals surface area (Å²) in [6, 6.07) is 8.63. The quantitative estimate of drug-likeness (QED) is 0.771. The highest BCUT2D eigenvalue weighted by atomic mass is 32.1. The van der Waals surface area contributed by atoms with E-state index in [1.807, 2.05) is 6.07 Å². The van der Waals surface area contributed by atoms with Crippen LogP contribution in [0.5, 0.6) is 0 Å². The normalized spacial score (nSPS) is 10.4. The Kier molecular flexibility index (Phi) is 2.89. The maximum absolute atomic E-state index is 12.1. The minimum atomic E-state index is -0.315. The average Bonchev–Trinajstić information content (AvgIpc) is 3.02. The van der Waals surface area contributed by atoms with Crippen molar-refractivity contribution >= 4 is 27.9 Å². The topological polar surface area (TPSA) is 96.0 Å². The number of carbonyl (C=O) groups excluding carboxylic acids is 1. The predicted molar refractivity (Wildman–Crippen MR) is 72.5 cm³/mol. The number of nitrogens with one attached hydrogen (secondary N) is 1. The van der Waals surface area contributed by atoms with Crippen molar-refractivity contribution in [3.8, 4) is 6.07 Å². The second-order valence-electron chi connectivity index (χ2n) is 3.99. The van der Waals surface area contributed by atoms with E-state index in [2.05, 4.69) is 20.6 Å². The maximum atomic E-state index is 12.1. The Morgan fingerprint density at radius 1 is 1.35 bits per heavy atom. The first-order valence-corrected chi connectivity index (χ1v) is 6.49. The molecular weight excluding hydrogens is 276 g/mol. The number of hydrogen-bond donors (Lipinski definition) is 1. The molecular formula is C12H8N6OS. The van der Waals surface area contributed by atoms with Gasteiger partial charge in [0.1, 0.15) is 0 Å². The molecule has 0 aliphatic heterocycles. The van der Waals surface area contributed by atoms with Crippen LogP contribution in [0, 0.1) is 18.3 Å². The summed E-state index contributed by atoms with van der Waals surface area (Å²) in [4.78, 5) is 12.6. The first kappa shape index (κ1) is 12.3. The van der Waals surface area contributed by atoms with Crippen molar-refractivity contribution in [1.82, 2.24) is 19.8 Å². The molecule has 0 aliphatic carbocycles. The molecule has 3 rings (SSSR count). The van der Waals surface area contributed by atoms with E-state index in [1.165, 1.54) is 15.9 Å². The molecule has 0 radical (unpaired) electrons. The van der Waals surface area contributed by atoms with E-state index in [-0.39, 0.29) is 5.91 Å². The van der Waals surface area contributed by atoms with Gasteiger partial charge in [0.05, 0.1) is 11.6 Å². The number of rotatable bonds is 2. The van der Waals surface area contributed by atoms with Gasteiger partial charge in [-0.1, -0.05) is 11.3 Å². The number of nitriles is 1. The van der Waals surface area contributed by atoms with Crippen LogP contribution in [0.1, 0.15) is 21.2 Å². The number of amides is 1. The summed E-state index contributed by atoms with van der Waals surface area (Å²) in [6.45, 7) is 1.77. The average molecular weight is 284 g/mol. The van der Waals surface area contributed by atoms with Crippen molar-refractivity contribution in [2.75, 3.05) is 5.32 Å². The number of hydrogen-bond acceptors (Lipinski definition) is 6. The fourth-order valence-electron chi connectivity index (χ4n) is 1.62.